The van der Waals surface area contributed by atoms with Crippen molar-refractivity contribution in [1.29, 1.82) is 0 Å². The molecule has 2 aromatic heterocycles. The van der Waals surface area contributed by atoms with E-state index in [2.05, 4.69) is 10.4 Å². The van der Waals surface area contributed by atoms with Crippen molar-refractivity contribution in [2.45, 2.75) is 25.1 Å². The Bertz CT molecular complexity index is 710. The topological polar surface area (TPSA) is 51.3 Å². The first-order valence-electron chi connectivity index (χ1n) is 6.28. The number of hydrogen-bond donors (Lipinski definition) is 1. The Balaban J connectivity index is 2.21. The maximum Gasteiger partial charge on any atom is 0.435 e. The number of nitrogens with one attached hydrogen (secondary N) is 1. The molecule has 0 radical (unpaired) electrons. The highest BCUT2D eigenvalue weighted by atomic mass is 19.4. The molecule has 1 atom stereocenters. The second-order valence-corrected chi connectivity index (χ2v) is 4.91. The van der Waals surface area contributed by atoms with E-state index >= 15 is 0 Å². The maximum atomic E-state index is 12.7. The van der Waals surface area contributed by atoms with Crippen molar-refractivity contribution in [3.8, 4) is 0 Å². The second-order valence-electron chi connectivity index (χ2n) is 4.91. The molecule has 3 rings (SSSR count). The number of fused-ring (bicyclic) bond motifs is 1. The summed E-state index contributed by atoms with van der Waals surface area (Å²) in [5.74, 6) is 0. The van der Waals surface area contributed by atoms with Crippen LogP contribution in [-0.2, 0) is 13.2 Å². The zero-order valence-electron chi connectivity index (χ0n) is 10.7. The molecule has 0 aliphatic carbocycles. The van der Waals surface area contributed by atoms with Gasteiger partial charge in [-0.2, -0.15) is 22.8 Å². The first kappa shape index (κ1) is 13.2. The van der Waals surface area contributed by atoms with E-state index in [1.807, 2.05) is 0 Å². The fourth-order valence-electron chi connectivity index (χ4n) is 2.60. The van der Waals surface area contributed by atoms with Crippen LogP contribution in [0.25, 0.3) is 5.65 Å². The Kier molecular flexibility index (Phi) is 2.86. The van der Waals surface area contributed by atoms with Crippen LogP contribution in [0.15, 0.2) is 16.9 Å². The minimum atomic E-state index is -4.56. The Labute approximate surface area is 112 Å². The van der Waals surface area contributed by atoms with E-state index in [0.717, 1.165) is 30.0 Å². The third-order valence-electron chi connectivity index (χ3n) is 3.61. The van der Waals surface area contributed by atoms with Gasteiger partial charge in [0, 0.05) is 30.9 Å². The molecule has 1 N–H and O–H groups in total. The normalized spacial score (nSPS) is 19.9. The van der Waals surface area contributed by atoms with Crippen molar-refractivity contribution in [3.63, 3.8) is 0 Å². The lowest BCUT2D eigenvalue weighted by atomic mass is 10.1. The highest BCUT2D eigenvalue weighted by Gasteiger charge is 2.35. The maximum absolute atomic E-state index is 12.7. The summed E-state index contributed by atoms with van der Waals surface area (Å²) in [7, 11) is 1.64. The van der Waals surface area contributed by atoms with E-state index in [1.165, 1.54) is 6.07 Å². The van der Waals surface area contributed by atoms with Crippen LogP contribution in [0.2, 0.25) is 0 Å². The molecule has 0 saturated carbocycles. The van der Waals surface area contributed by atoms with Gasteiger partial charge < -0.3 is 9.88 Å². The van der Waals surface area contributed by atoms with Crippen LogP contribution in [0.4, 0.5) is 13.2 Å². The summed E-state index contributed by atoms with van der Waals surface area (Å²) in [5.41, 5.74) is -0.763. The zero-order valence-corrected chi connectivity index (χ0v) is 10.7. The second kappa shape index (κ2) is 4.34. The number of aromatic nitrogens is 3. The Morgan fingerprint density at radius 2 is 2.15 bits per heavy atom. The fraction of sp³-hybridized carbons (Fsp3) is 0.500. The number of aryl methyl sites for hydroxylation is 1. The van der Waals surface area contributed by atoms with Crippen LogP contribution in [-0.4, -0.2) is 20.7 Å². The molecule has 8 heteroatoms. The summed E-state index contributed by atoms with van der Waals surface area (Å²) in [4.78, 5) is 11.9. The van der Waals surface area contributed by atoms with Gasteiger partial charge in [-0.1, -0.05) is 0 Å². The van der Waals surface area contributed by atoms with E-state index in [4.69, 9.17) is 0 Å². The molecule has 0 aromatic carbocycles. The molecule has 2 aromatic rings. The van der Waals surface area contributed by atoms with Gasteiger partial charge in [-0.05, 0) is 19.4 Å². The molecule has 3 heterocycles. The monoisotopic (exact) mass is 286 g/mol. The molecule has 20 heavy (non-hydrogen) atoms. The van der Waals surface area contributed by atoms with E-state index in [0.29, 0.717) is 5.69 Å². The quantitative estimate of drug-likeness (QED) is 0.864. The summed E-state index contributed by atoms with van der Waals surface area (Å²) in [6.07, 6.45) is -2.71. The van der Waals surface area contributed by atoms with E-state index < -0.39 is 17.4 Å². The molecule has 5 nitrogen and oxygen atoms in total. The molecular weight excluding hydrogens is 273 g/mol. The molecule has 1 saturated heterocycles. The zero-order chi connectivity index (χ0) is 14.5. The predicted molar refractivity (Wildman–Crippen MR) is 65.4 cm³/mol. The Morgan fingerprint density at radius 3 is 2.75 bits per heavy atom. The summed E-state index contributed by atoms with van der Waals surface area (Å²) in [6, 6.07) is 2.25. The van der Waals surface area contributed by atoms with Gasteiger partial charge in [-0.15, -0.1) is 0 Å². The van der Waals surface area contributed by atoms with Crippen molar-refractivity contribution < 1.29 is 13.2 Å². The number of halogens is 3. The average Bonchev–Trinajstić information content (AvgIpc) is 3.00. The van der Waals surface area contributed by atoms with Crippen LogP contribution >= 0.6 is 0 Å². The molecule has 108 valence electrons. The Morgan fingerprint density at radius 1 is 1.40 bits per heavy atom. The molecule has 1 aliphatic heterocycles. The van der Waals surface area contributed by atoms with Crippen LogP contribution in [0, 0.1) is 0 Å². The van der Waals surface area contributed by atoms with Crippen molar-refractivity contribution in [2.24, 2.45) is 7.05 Å². The number of alkyl halides is 3. The predicted octanol–water partition coefficient (Wildman–Crippen LogP) is 1.48. The molecule has 0 bridgehead atoms. The van der Waals surface area contributed by atoms with Crippen LogP contribution in [0.1, 0.15) is 30.3 Å². The summed E-state index contributed by atoms with van der Waals surface area (Å²) >= 11 is 0. The number of nitrogens with zero attached hydrogens (tertiary/aromatic N) is 3. The minimum Gasteiger partial charge on any atom is -0.331 e. The van der Waals surface area contributed by atoms with Gasteiger partial charge in [0.05, 0.1) is 0 Å². The molecule has 0 spiro atoms. The highest BCUT2D eigenvalue weighted by Crippen LogP contribution is 2.29. The van der Waals surface area contributed by atoms with E-state index in [1.54, 1.807) is 11.6 Å². The summed E-state index contributed by atoms with van der Waals surface area (Å²) in [6.45, 7) is 0.844. The third kappa shape index (κ3) is 2.00. The standard InChI is InChI=1S/C12H13F3N4O/c1-18-8(7-3-2-4-16-7)5-11(20)19-10(18)6-9(17-19)12(13,14)15/h5-7,16H,2-4H2,1H3. The van der Waals surface area contributed by atoms with Crippen LogP contribution < -0.4 is 10.9 Å². The fourth-order valence-corrected chi connectivity index (χ4v) is 2.60. The lowest BCUT2D eigenvalue weighted by Gasteiger charge is -2.16. The molecule has 1 unspecified atom stereocenters. The lowest BCUT2D eigenvalue weighted by molar-refractivity contribution is -0.141. The van der Waals surface area contributed by atoms with Gasteiger partial charge >= 0.3 is 6.18 Å². The largest absolute Gasteiger partial charge is 0.435 e. The highest BCUT2D eigenvalue weighted by molar-refractivity contribution is 5.43. The van der Waals surface area contributed by atoms with Crippen LogP contribution in [0.5, 0.6) is 0 Å². The minimum absolute atomic E-state index is 0.00179. The van der Waals surface area contributed by atoms with Gasteiger partial charge in [-0.25, -0.2) is 0 Å². The molecular formula is C12H13F3N4O. The van der Waals surface area contributed by atoms with Crippen molar-refractivity contribution in [2.75, 3.05) is 6.54 Å². The van der Waals surface area contributed by atoms with Crippen LogP contribution in [0.3, 0.4) is 0 Å². The van der Waals surface area contributed by atoms with Crippen molar-refractivity contribution >= 4 is 5.65 Å². The van der Waals surface area contributed by atoms with E-state index in [9.17, 15) is 18.0 Å². The molecule has 1 fully saturated rings. The van der Waals surface area contributed by atoms with Gasteiger partial charge in [0.1, 0.15) is 5.65 Å². The van der Waals surface area contributed by atoms with E-state index in [-0.39, 0.29) is 11.7 Å². The van der Waals surface area contributed by atoms with Gasteiger partial charge in [0.2, 0.25) is 0 Å². The van der Waals surface area contributed by atoms with Crippen molar-refractivity contribution in [1.82, 2.24) is 19.5 Å². The molecule has 0 amide bonds. The third-order valence-corrected chi connectivity index (χ3v) is 3.61. The van der Waals surface area contributed by atoms with Gasteiger partial charge in [0.15, 0.2) is 5.69 Å². The molecule has 1 aliphatic rings. The lowest BCUT2D eigenvalue weighted by Crippen LogP contribution is -2.24. The van der Waals surface area contributed by atoms with Gasteiger partial charge in [-0.3, -0.25) is 4.79 Å². The van der Waals surface area contributed by atoms with Gasteiger partial charge in [0.25, 0.3) is 5.56 Å². The number of hydrogen-bond acceptors (Lipinski definition) is 3. The summed E-state index contributed by atoms with van der Waals surface area (Å²) in [5, 5.41) is 6.58. The number of rotatable bonds is 1. The Hall–Kier alpha value is -1.83. The SMILES string of the molecule is Cn1c(C2CCCN2)cc(=O)n2nc(C(F)(F)F)cc12. The first-order valence-corrected chi connectivity index (χ1v) is 6.28. The summed E-state index contributed by atoms with van der Waals surface area (Å²) < 4.78 is 40.5. The van der Waals surface area contributed by atoms with Crippen molar-refractivity contribution in [3.05, 3.63) is 33.9 Å². The smallest absolute Gasteiger partial charge is 0.331 e. The average molecular weight is 286 g/mol. The first-order chi connectivity index (χ1) is 9.38.